The Morgan fingerprint density at radius 3 is 2.79 bits per heavy atom. The number of hydrogen-bond donors (Lipinski definition) is 0. The molecule has 1 aliphatic heterocycles. The number of likely N-dealkylation sites (N-methyl/N-ethyl adjacent to an activating group) is 1. The molecule has 0 aromatic carbocycles. The standard InChI is InChI=1S/C17H25NO/c1-11-10-19-14-9-17(3)8-12-7-16(17,2)6-5-13(12)15(14)18(11)4/h14-15H,1,5-10H2,2-4H3. The van der Waals surface area contributed by atoms with Crippen LogP contribution in [0, 0.1) is 10.8 Å². The summed E-state index contributed by atoms with van der Waals surface area (Å²) in [4.78, 5) is 2.41. The first-order valence-electron chi connectivity index (χ1n) is 7.67. The molecule has 1 heterocycles. The second-order valence-corrected chi connectivity index (χ2v) is 7.78. The molecule has 4 atom stereocenters. The largest absolute Gasteiger partial charge is 0.370 e. The van der Waals surface area contributed by atoms with Gasteiger partial charge in [0.1, 0.15) is 0 Å². The van der Waals surface area contributed by atoms with Crippen LogP contribution in [-0.2, 0) is 4.74 Å². The molecule has 0 radical (unpaired) electrons. The molecule has 2 heteroatoms. The molecule has 1 saturated heterocycles. The summed E-state index contributed by atoms with van der Waals surface area (Å²) in [5, 5.41) is 0. The lowest BCUT2D eigenvalue weighted by Crippen LogP contribution is -2.53. The zero-order valence-electron chi connectivity index (χ0n) is 12.5. The average molecular weight is 259 g/mol. The van der Waals surface area contributed by atoms with Crippen molar-refractivity contribution >= 4 is 0 Å². The van der Waals surface area contributed by atoms with E-state index >= 15 is 0 Å². The van der Waals surface area contributed by atoms with Gasteiger partial charge in [-0.25, -0.2) is 0 Å². The second-order valence-electron chi connectivity index (χ2n) is 7.78. The van der Waals surface area contributed by atoms with Crippen LogP contribution in [0.5, 0.6) is 0 Å². The van der Waals surface area contributed by atoms with Gasteiger partial charge in [0.25, 0.3) is 0 Å². The van der Waals surface area contributed by atoms with E-state index in [4.69, 9.17) is 4.74 Å². The lowest BCUT2D eigenvalue weighted by molar-refractivity contribution is -0.0715. The van der Waals surface area contributed by atoms with Crippen molar-refractivity contribution in [1.29, 1.82) is 0 Å². The number of rotatable bonds is 0. The van der Waals surface area contributed by atoms with E-state index in [2.05, 4.69) is 32.4 Å². The molecule has 4 aliphatic rings. The Labute approximate surface area is 116 Å². The van der Waals surface area contributed by atoms with Crippen LogP contribution in [0.1, 0.15) is 46.0 Å². The van der Waals surface area contributed by atoms with E-state index in [0.717, 1.165) is 5.70 Å². The first-order valence-corrected chi connectivity index (χ1v) is 7.67. The summed E-state index contributed by atoms with van der Waals surface area (Å²) < 4.78 is 6.18. The van der Waals surface area contributed by atoms with E-state index in [1.807, 2.05) is 0 Å². The van der Waals surface area contributed by atoms with Gasteiger partial charge < -0.3 is 9.64 Å². The van der Waals surface area contributed by atoms with Gasteiger partial charge in [0.05, 0.1) is 18.8 Å². The van der Waals surface area contributed by atoms with Gasteiger partial charge >= 0.3 is 0 Å². The van der Waals surface area contributed by atoms with Crippen molar-refractivity contribution in [2.75, 3.05) is 13.7 Å². The van der Waals surface area contributed by atoms with Crippen molar-refractivity contribution < 1.29 is 4.74 Å². The van der Waals surface area contributed by atoms with Crippen LogP contribution in [0.15, 0.2) is 23.4 Å². The molecule has 104 valence electrons. The molecule has 0 spiro atoms. The predicted octanol–water partition coefficient (Wildman–Crippen LogP) is 3.50. The summed E-state index contributed by atoms with van der Waals surface area (Å²) in [5.41, 5.74) is 5.57. The molecular weight excluding hydrogens is 234 g/mol. The van der Waals surface area contributed by atoms with Crippen molar-refractivity contribution in [3.63, 3.8) is 0 Å². The molecule has 4 unspecified atom stereocenters. The predicted molar refractivity (Wildman–Crippen MR) is 76.8 cm³/mol. The van der Waals surface area contributed by atoms with Gasteiger partial charge in [0, 0.05) is 12.7 Å². The van der Waals surface area contributed by atoms with Crippen LogP contribution >= 0.6 is 0 Å². The van der Waals surface area contributed by atoms with E-state index in [1.165, 1.54) is 32.1 Å². The van der Waals surface area contributed by atoms with Gasteiger partial charge in [0.15, 0.2) is 0 Å². The molecule has 0 N–H and O–H groups in total. The third kappa shape index (κ3) is 1.36. The number of allylic oxidation sites excluding steroid dienone is 1. The Morgan fingerprint density at radius 1 is 1.26 bits per heavy atom. The van der Waals surface area contributed by atoms with Crippen LogP contribution in [0.2, 0.25) is 0 Å². The zero-order chi connectivity index (χ0) is 13.4. The summed E-state index contributed by atoms with van der Waals surface area (Å²) >= 11 is 0. The zero-order valence-corrected chi connectivity index (χ0v) is 12.5. The molecule has 0 aromatic heterocycles. The normalized spacial score (nSPS) is 48.6. The third-order valence-electron chi connectivity index (χ3n) is 6.81. The molecule has 2 fully saturated rings. The van der Waals surface area contributed by atoms with Crippen molar-refractivity contribution in [2.24, 2.45) is 10.8 Å². The van der Waals surface area contributed by atoms with Crippen LogP contribution < -0.4 is 0 Å². The highest BCUT2D eigenvalue weighted by Gasteiger charge is 2.58. The Hall–Kier alpha value is -0.760. The van der Waals surface area contributed by atoms with Crippen LogP contribution in [-0.4, -0.2) is 30.7 Å². The van der Waals surface area contributed by atoms with E-state index in [0.29, 0.717) is 29.6 Å². The van der Waals surface area contributed by atoms with E-state index in [1.54, 1.807) is 11.1 Å². The van der Waals surface area contributed by atoms with E-state index in [9.17, 15) is 0 Å². The molecular formula is C17H25NO. The highest BCUT2D eigenvalue weighted by atomic mass is 16.5. The fourth-order valence-corrected chi connectivity index (χ4v) is 5.23. The summed E-state index contributed by atoms with van der Waals surface area (Å²) in [7, 11) is 2.21. The molecule has 3 aliphatic carbocycles. The summed E-state index contributed by atoms with van der Waals surface area (Å²) in [6.07, 6.45) is 6.90. The molecule has 2 nitrogen and oxygen atoms in total. The Bertz CT molecular complexity index is 493. The maximum atomic E-state index is 6.18. The minimum Gasteiger partial charge on any atom is -0.370 e. The SMILES string of the molecule is C=C1COC2CC3(C)CC4=C(CCC3(C)C4)C2N1C. The quantitative estimate of drug-likeness (QED) is 0.617. The first kappa shape index (κ1) is 12.0. The second kappa shape index (κ2) is 3.46. The minimum absolute atomic E-state index is 0.382. The van der Waals surface area contributed by atoms with E-state index in [-0.39, 0.29) is 0 Å². The molecule has 0 amide bonds. The molecule has 4 rings (SSSR count). The van der Waals surface area contributed by atoms with Crippen LogP contribution in [0.3, 0.4) is 0 Å². The lowest BCUT2D eigenvalue weighted by atomic mass is 9.60. The number of ether oxygens (including phenoxy) is 1. The van der Waals surface area contributed by atoms with Gasteiger partial charge in [-0.2, -0.15) is 0 Å². The molecule has 0 aromatic rings. The number of morpholine rings is 1. The van der Waals surface area contributed by atoms with Crippen molar-refractivity contribution in [3.8, 4) is 0 Å². The van der Waals surface area contributed by atoms with Crippen LogP contribution in [0.4, 0.5) is 0 Å². The van der Waals surface area contributed by atoms with Crippen LogP contribution in [0.25, 0.3) is 0 Å². The van der Waals surface area contributed by atoms with Gasteiger partial charge in [-0.1, -0.05) is 26.0 Å². The fourth-order valence-electron chi connectivity index (χ4n) is 5.23. The smallest absolute Gasteiger partial charge is 0.0863 e. The van der Waals surface area contributed by atoms with Gasteiger partial charge in [-0.05, 0) is 48.5 Å². The van der Waals surface area contributed by atoms with E-state index < -0.39 is 0 Å². The monoisotopic (exact) mass is 259 g/mol. The Morgan fingerprint density at radius 2 is 2.00 bits per heavy atom. The first-order chi connectivity index (χ1) is 8.94. The number of fused-ring (bicyclic) bond motifs is 5. The molecule has 1 saturated carbocycles. The highest BCUT2D eigenvalue weighted by molar-refractivity contribution is 5.37. The minimum atomic E-state index is 0.382. The van der Waals surface area contributed by atoms with Crippen molar-refractivity contribution in [1.82, 2.24) is 4.90 Å². The molecule has 19 heavy (non-hydrogen) atoms. The Balaban J connectivity index is 1.85. The summed E-state index contributed by atoms with van der Waals surface area (Å²) in [6, 6.07) is 0.475. The van der Waals surface area contributed by atoms with Gasteiger partial charge in [0.2, 0.25) is 0 Å². The van der Waals surface area contributed by atoms with Crippen molar-refractivity contribution in [3.05, 3.63) is 23.4 Å². The average Bonchev–Trinajstić information content (AvgIpc) is 2.47. The van der Waals surface area contributed by atoms with Gasteiger partial charge in [-0.15, -0.1) is 0 Å². The number of hydrogen-bond acceptors (Lipinski definition) is 2. The fraction of sp³-hybridized carbons (Fsp3) is 0.765. The third-order valence-corrected chi connectivity index (χ3v) is 6.81. The Kier molecular flexibility index (Phi) is 2.19. The maximum absolute atomic E-state index is 6.18. The highest BCUT2D eigenvalue weighted by Crippen LogP contribution is 2.66. The summed E-state index contributed by atoms with van der Waals surface area (Å²) in [5.74, 6) is 0. The number of nitrogens with zero attached hydrogens (tertiary/aromatic N) is 1. The summed E-state index contributed by atoms with van der Waals surface area (Å²) in [6.45, 7) is 9.91. The lowest BCUT2D eigenvalue weighted by Gasteiger charge is -2.51. The topological polar surface area (TPSA) is 12.5 Å². The van der Waals surface area contributed by atoms with Crippen molar-refractivity contribution in [2.45, 2.75) is 58.1 Å². The maximum Gasteiger partial charge on any atom is 0.0863 e. The van der Waals surface area contributed by atoms with Gasteiger partial charge in [-0.3, -0.25) is 0 Å². The molecule has 3 bridgehead atoms.